The Morgan fingerprint density at radius 3 is 0.897 bits per heavy atom. The van der Waals surface area contributed by atoms with Crippen LogP contribution in [0.1, 0.15) is 51.4 Å². The minimum Gasteiger partial charge on any atom is -0.394 e. The van der Waals surface area contributed by atoms with Gasteiger partial charge in [-0.15, -0.1) is 0 Å². The summed E-state index contributed by atoms with van der Waals surface area (Å²) in [5, 5.41) is 205. The summed E-state index contributed by atoms with van der Waals surface area (Å²) in [5.74, 6) is 0. The largest absolute Gasteiger partial charge is 0.394 e. The van der Waals surface area contributed by atoms with Crippen molar-refractivity contribution in [2.45, 2.75) is 236 Å². The Kier molecular flexibility index (Phi) is 26.2. The predicted octanol–water partition coefficient (Wildman–Crippen LogP) is -11.0. The third-order valence-electron chi connectivity index (χ3n) is 14.8. The number of rotatable bonds is 27. The second-order valence-electron chi connectivity index (χ2n) is 20.2. The standard InChI is InChI=1S/C46H83NO31/c47-9-7-5-3-1-2-4-6-8-10-67-41-32(63)36(25(56)19(13-50)68-41)75-44-35(66)39(28(59)22(16-53)71-44)77-46-40(30(61)24(55)18(12-49)73-46)78-45-34(65)38(27(58)21(15-52)72-45)76-43-33(64)37(26(57)20(14-51)70-43)74-42-31(62)29(60)23(54)17(11-48)69-42/h17-46,48-66H,1-16,47H2/t17?,18?,19?,20?,21?,22?,23-,24-,25-,26-,27-,28-,29+,30+,31?,32?,33?,34?,35?,36+,37+,38+,39+,40?,41+,42-,43-,44-,45-,46-/m1/s1. The molecule has 78 heavy (non-hydrogen) atoms. The summed E-state index contributed by atoms with van der Waals surface area (Å²) in [6, 6.07) is 0. The normalized spacial score (nSPS) is 47.5. The van der Waals surface area contributed by atoms with Crippen molar-refractivity contribution in [3.05, 3.63) is 0 Å². The molecule has 21 N–H and O–H groups in total. The van der Waals surface area contributed by atoms with Crippen LogP contribution in [0.25, 0.3) is 0 Å². The van der Waals surface area contributed by atoms with Crippen LogP contribution in [-0.2, 0) is 56.8 Å². The fourth-order valence-electron chi connectivity index (χ4n) is 10.1. The molecule has 458 valence electrons. The molecule has 6 fully saturated rings. The highest BCUT2D eigenvalue weighted by Gasteiger charge is 2.58. The van der Waals surface area contributed by atoms with Gasteiger partial charge in [-0.25, -0.2) is 0 Å². The molecule has 32 heteroatoms. The average molecular weight is 1150 g/mol. The van der Waals surface area contributed by atoms with Gasteiger partial charge in [0.2, 0.25) is 0 Å². The van der Waals surface area contributed by atoms with Crippen LogP contribution < -0.4 is 5.73 Å². The van der Waals surface area contributed by atoms with E-state index in [1.165, 1.54) is 0 Å². The molecule has 30 atom stereocenters. The van der Waals surface area contributed by atoms with Crippen molar-refractivity contribution in [1.29, 1.82) is 0 Å². The number of aliphatic hydroxyl groups is 19. The van der Waals surface area contributed by atoms with Crippen molar-refractivity contribution in [2.75, 3.05) is 52.8 Å². The highest BCUT2D eigenvalue weighted by molar-refractivity contribution is 5.00. The van der Waals surface area contributed by atoms with Crippen LogP contribution in [0, 0.1) is 0 Å². The summed E-state index contributed by atoms with van der Waals surface area (Å²) in [4.78, 5) is 0. The van der Waals surface area contributed by atoms with Gasteiger partial charge in [-0.05, 0) is 19.4 Å². The first-order valence-electron chi connectivity index (χ1n) is 26.3. The van der Waals surface area contributed by atoms with Crippen LogP contribution >= 0.6 is 0 Å². The number of aliphatic hydroxyl groups excluding tert-OH is 19. The molecule has 0 aliphatic carbocycles. The van der Waals surface area contributed by atoms with E-state index in [0.29, 0.717) is 13.0 Å². The highest BCUT2D eigenvalue weighted by atomic mass is 16.8. The van der Waals surface area contributed by atoms with Crippen molar-refractivity contribution in [3.63, 3.8) is 0 Å². The molecule has 12 unspecified atom stereocenters. The predicted molar refractivity (Wildman–Crippen MR) is 249 cm³/mol. The van der Waals surface area contributed by atoms with Crippen molar-refractivity contribution in [3.8, 4) is 0 Å². The molecule has 6 heterocycles. The summed E-state index contributed by atoms with van der Waals surface area (Å²) in [5.41, 5.74) is 5.55. The minimum absolute atomic E-state index is 0.103. The lowest BCUT2D eigenvalue weighted by Gasteiger charge is -2.50. The van der Waals surface area contributed by atoms with E-state index in [-0.39, 0.29) is 6.61 Å². The van der Waals surface area contributed by atoms with E-state index in [9.17, 15) is 97.0 Å². The molecule has 6 aliphatic rings. The number of hydrogen-bond donors (Lipinski definition) is 20. The molecule has 0 amide bonds. The van der Waals surface area contributed by atoms with E-state index >= 15 is 0 Å². The second-order valence-corrected chi connectivity index (χ2v) is 20.2. The zero-order valence-electron chi connectivity index (χ0n) is 42.6. The van der Waals surface area contributed by atoms with Gasteiger partial charge in [0.15, 0.2) is 37.7 Å². The Labute approximate surface area is 447 Å². The Hall–Kier alpha value is -1.28. The van der Waals surface area contributed by atoms with E-state index in [4.69, 9.17) is 62.6 Å². The Bertz CT molecular complexity index is 1700. The van der Waals surface area contributed by atoms with Crippen LogP contribution in [0.2, 0.25) is 0 Å². The lowest BCUT2D eigenvalue weighted by Crippen LogP contribution is -2.68. The molecule has 0 saturated carbocycles. The van der Waals surface area contributed by atoms with Gasteiger partial charge in [0.05, 0.1) is 39.6 Å². The van der Waals surface area contributed by atoms with Crippen molar-refractivity contribution in [1.82, 2.24) is 0 Å². The van der Waals surface area contributed by atoms with E-state index in [1.54, 1.807) is 0 Å². The first-order chi connectivity index (χ1) is 37.3. The molecular formula is C46H83NO31. The summed E-state index contributed by atoms with van der Waals surface area (Å²) >= 11 is 0. The topological polar surface area (TPSA) is 521 Å². The van der Waals surface area contributed by atoms with E-state index in [1.807, 2.05) is 0 Å². The van der Waals surface area contributed by atoms with Gasteiger partial charge in [-0.1, -0.05) is 38.5 Å². The number of nitrogens with two attached hydrogens (primary N) is 1. The van der Waals surface area contributed by atoms with Crippen LogP contribution in [0.5, 0.6) is 0 Å². The van der Waals surface area contributed by atoms with Gasteiger partial charge in [-0.3, -0.25) is 0 Å². The number of unbranched alkanes of at least 4 members (excludes halogenated alkanes) is 7. The Balaban J connectivity index is 1.17. The molecule has 0 aromatic carbocycles. The monoisotopic (exact) mass is 1150 g/mol. The molecule has 6 rings (SSSR count). The fraction of sp³-hybridized carbons (Fsp3) is 1.00. The summed E-state index contributed by atoms with van der Waals surface area (Å²) in [6.45, 7) is -4.94. The van der Waals surface area contributed by atoms with Gasteiger partial charge in [0.25, 0.3) is 0 Å². The summed E-state index contributed by atoms with van der Waals surface area (Å²) in [7, 11) is 0. The van der Waals surface area contributed by atoms with E-state index in [2.05, 4.69) is 0 Å². The lowest BCUT2D eigenvalue weighted by atomic mass is 9.95. The minimum atomic E-state index is -2.28. The molecular weight excluding hydrogens is 1060 g/mol. The van der Waals surface area contributed by atoms with Gasteiger partial charge in [0.1, 0.15) is 146 Å². The molecule has 6 aliphatic heterocycles. The van der Waals surface area contributed by atoms with E-state index in [0.717, 1.165) is 44.9 Å². The van der Waals surface area contributed by atoms with Gasteiger partial charge < -0.3 is 160 Å². The molecule has 0 bridgehead atoms. The smallest absolute Gasteiger partial charge is 0.187 e. The first kappa shape index (κ1) is 65.9. The van der Waals surface area contributed by atoms with Crippen LogP contribution in [-0.4, -0.2) is 334 Å². The summed E-state index contributed by atoms with van der Waals surface area (Å²) in [6.07, 6.45) is -50.3. The third-order valence-corrected chi connectivity index (χ3v) is 14.8. The molecule has 0 radical (unpaired) electrons. The second kappa shape index (κ2) is 31.0. The molecule has 0 aromatic rings. The molecule has 6 saturated heterocycles. The van der Waals surface area contributed by atoms with Gasteiger partial charge in [-0.2, -0.15) is 0 Å². The average Bonchev–Trinajstić information content (AvgIpc) is 3.59. The first-order valence-corrected chi connectivity index (χ1v) is 26.3. The van der Waals surface area contributed by atoms with Crippen molar-refractivity contribution in [2.24, 2.45) is 5.73 Å². The number of hydrogen-bond acceptors (Lipinski definition) is 32. The lowest BCUT2D eigenvalue weighted by molar-refractivity contribution is -0.404. The van der Waals surface area contributed by atoms with Crippen molar-refractivity contribution >= 4 is 0 Å². The zero-order valence-corrected chi connectivity index (χ0v) is 42.6. The van der Waals surface area contributed by atoms with Gasteiger partial charge in [0, 0.05) is 6.61 Å². The highest BCUT2D eigenvalue weighted by Crippen LogP contribution is 2.37. The fourth-order valence-corrected chi connectivity index (χ4v) is 10.1. The maximum atomic E-state index is 11.7. The Morgan fingerprint density at radius 2 is 0.526 bits per heavy atom. The molecule has 32 nitrogen and oxygen atoms in total. The van der Waals surface area contributed by atoms with Crippen LogP contribution in [0.15, 0.2) is 0 Å². The maximum Gasteiger partial charge on any atom is 0.187 e. The van der Waals surface area contributed by atoms with Crippen LogP contribution in [0.3, 0.4) is 0 Å². The quantitative estimate of drug-likeness (QED) is 0.0340. The van der Waals surface area contributed by atoms with Crippen molar-refractivity contribution < 1.29 is 154 Å². The van der Waals surface area contributed by atoms with Gasteiger partial charge >= 0.3 is 0 Å². The maximum absolute atomic E-state index is 11.7. The van der Waals surface area contributed by atoms with E-state index < -0.39 is 224 Å². The molecule has 0 spiro atoms. The molecule has 0 aromatic heterocycles. The third kappa shape index (κ3) is 15.3. The Morgan fingerprint density at radius 1 is 0.256 bits per heavy atom. The SMILES string of the molecule is NCCCCCCCCCCO[C@H]1OC(CO)[C@@H](O)[C@H](O[C@H]2OC(CO)[C@@H](O)[C@H](O[C@H]3OC(CO)[C@@H](O)[C@H](O)C3O[C@H]3OC(CO)[C@@H](O)[C@H](O[C@H]4OC(CO)[C@@H](O)[C@H](O[C@H]5OC(CO)[C@@H](O)[C@H](O)C5O)C4O)C3O)C2O)C1O. The zero-order chi connectivity index (χ0) is 57.1. The number of ether oxygens (including phenoxy) is 12. The van der Waals surface area contributed by atoms with Crippen LogP contribution in [0.4, 0.5) is 0 Å². The summed E-state index contributed by atoms with van der Waals surface area (Å²) < 4.78 is 68.4.